The molecule has 0 radical (unpaired) electrons. The average Bonchev–Trinajstić information content (AvgIpc) is 2.38. The number of nitrogens with two attached hydrogens (primary N) is 1. The number of carbonyl (C=O) groups excluding carboxylic acids is 2. The summed E-state index contributed by atoms with van der Waals surface area (Å²) in [6.45, 7) is 3.36. The third-order valence-electron chi connectivity index (χ3n) is 3.19. The Bertz CT molecular complexity index is 519. The molecule has 1 saturated heterocycles. The number of piperazine rings is 1. The SMILES string of the molecule is Cc1ccc(C(=O)N2CCNCC2C(N)=O)c(Cl)c1. The van der Waals surface area contributed by atoms with Crippen molar-refractivity contribution in [2.24, 2.45) is 5.73 Å². The summed E-state index contributed by atoms with van der Waals surface area (Å²) in [5.74, 6) is -0.765. The van der Waals surface area contributed by atoms with Crippen molar-refractivity contribution in [2.45, 2.75) is 13.0 Å². The van der Waals surface area contributed by atoms with E-state index in [1.807, 2.05) is 13.0 Å². The first-order valence-electron chi connectivity index (χ1n) is 6.08. The maximum absolute atomic E-state index is 12.5. The van der Waals surface area contributed by atoms with Gasteiger partial charge in [0.1, 0.15) is 6.04 Å². The summed E-state index contributed by atoms with van der Waals surface area (Å²) in [6.07, 6.45) is 0. The van der Waals surface area contributed by atoms with Gasteiger partial charge in [-0.1, -0.05) is 17.7 Å². The zero-order valence-electron chi connectivity index (χ0n) is 10.6. The van der Waals surface area contributed by atoms with Gasteiger partial charge in [0.15, 0.2) is 0 Å². The van der Waals surface area contributed by atoms with Crippen LogP contribution in [-0.4, -0.2) is 42.4 Å². The number of hydrogen-bond acceptors (Lipinski definition) is 3. The topological polar surface area (TPSA) is 75.4 Å². The fourth-order valence-electron chi connectivity index (χ4n) is 2.15. The summed E-state index contributed by atoms with van der Waals surface area (Å²) < 4.78 is 0. The van der Waals surface area contributed by atoms with E-state index in [1.165, 1.54) is 4.90 Å². The molecule has 1 aliphatic heterocycles. The number of amides is 2. The van der Waals surface area contributed by atoms with Gasteiger partial charge in [0, 0.05) is 19.6 Å². The van der Waals surface area contributed by atoms with Crippen molar-refractivity contribution in [1.29, 1.82) is 0 Å². The van der Waals surface area contributed by atoms with Crippen LogP contribution in [0.4, 0.5) is 0 Å². The van der Waals surface area contributed by atoms with Gasteiger partial charge in [-0.25, -0.2) is 0 Å². The molecule has 102 valence electrons. The molecule has 0 bridgehead atoms. The quantitative estimate of drug-likeness (QED) is 0.831. The molecule has 2 rings (SSSR count). The van der Waals surface area contributed by atoms with E-state index in [-0.39, 0.29) is 5.91 Å². The smallest absolute Gasteiger partial charge is 0.256 e. The molecule has 1 aromatic carbocycles. The van der Waals surface area contributed by atoms with Crippen LogP contribution in [0.25, 0.3) is 0 Å². The van der Waals surface area contributed by atoms with Crippen LogP contribution < -0.4 is 11.1 Å². The predicted octanol–water partition coefficient (Wildman–Crippen LogP) is 0.548. The summed E-state index contributed by atoms with van der Waals surface area (Å²) in [5, 5.41) is 3.44. The first-order valence-corrected chi connectivity index (χ1v) is 6.45. The zero-order chi connectivity index (χ0) is 14.0. The third kappa shape index (κ3) is 2.88. The summed E-state index contributed by atoms with van der Waals surface area (Å²) >= 11 is 6.09. The number of rotatable bonds is 2. The Labute approximate surface area is 116 Å². The minimum Gasteiger partial charge on any atom is -0.368 e. The summed E-state index contributed by atoms with van der Waals surface area (Å²) in [4.78, 5) is 25.3. The summed E-state index contributed by atoms with van der Waals surface area (Å²) in [6, 6.07) is 4.61. The molecule has 3 N–H and O–H groups in total. The van der Waals surface area contributed by atoms with Gasteiger partial charge < -0.3 is 16.0 Å². The van der Waals surface area contributed by atoms with Crippen LogP contribution in [0, 0.1) is 6.92 Å². The van der Waals surface area contributed by atoms with Crippen molar-refractivity contribution in [2.75, 3.05) is 19.6 Å². The number of aryl methyl sites for hydroxylation is 1. The molecule has 0 aliphatic carbocycles. The number of benzene rings is 1. The highest BCUT2D eigenvalue weighted by atomic mass is 35.5. The van der Waals surface area contributed by atoms with Gasteiger partial charge in [0.25, 0.3) is 5.91 Å². The Hall–Kier alpha value is -1.59. The van der Waals surface area contributed by atoms with E-state index in [2.05, 4.69) is 5.32 Å². The number of halogens is 1. The number of nitrogens with one attached hydrogen (secondary N) is 1. The van der Waals surface area contributed by atoms with Crippen LogP contribution >= 0.6 is 11.6 Å². The van der Waals surface area contributed by atoms with Crippen LogP contribution in [0.2, 0.25) is 5.02 Å². The van der Waals surface area contributed by atoms with Gasteiger partial charge in [-0.15, -0.1) is 0 Å². The minimum atomic E-state index is -0.626. The monoisotopic (exact) mass is 281 g/mol. The molecule has 1 heterocycles. The molecule has 1 fully saturated rings. The fraction of sp³-hybridized carbons (Fsp3) is 0.385. The first-order chi connectivity index (χ1) is 9.00. The molecule has 5 nitrogen and oxygen atoms in total. The Morgan fingerprint density at radius 3 is 2.84 bits per heavy atom. The van der Waals surface area contributed by atoms with E-state index in [0.29, 0.717) is 30.2 Å². The highest BCUT2D eigenvalue weighted by molar-refractivity contribution is 6.34. The molecular weight excluding hydrogens is 266 g/mol. The van der Waals surface area contributed by atoms with E-state index >= 15 is 0 Å². The van der Waals surface area contributed by atoms with Crippen molar-refractivity contribution < 1.29 is 9.59 Å². The Morgan fingerprint density at radius 2 is 2.21 bits per heavy atom. The Morgan fingerprint density at radius 1 is 1.47 bits per heavy atom. The van der Waals surface area contributed by atoms with Crippen molar-refractivity contribution in [3.05, 3.63) is 34.3 Å². The van der Waals surface area contributed by atoms with Gasteiger partial charge in [-0.3, -0.25) is 9.59 Å². The van der Waals surface area contributed by atoms with Gasteiger partial charge >= 0.3 is 0 Å². The van der Waals surface area contributed by atoms with Crippen LogP contribution in [0.15, 0.2) is 18.2 Å². The molecule has 1 aliphatic rings. The van der Waals surface area contributed by atoms with E-state index in [4.69, 9.17) is 17.3 Å². The Kier molecular flexibility index (Phi) is 4.07. The molecule has 0 spiro atoms. The predicted molar refractivity (Wildman–Crippen MR) is 73.1 cm³/mol. The van der Waals surface area contributed by atoms with Crippen molar-refractivity contribution >= 4 is 23.4 Å². The normalized spacial score (nSPS) is 19.3. The number of hydrogen-bond donors (Lipinski definition) is 2. The van der Waals surface area contributed by atoms with Gasteiger partial charge in [-0.2, -0.15) is 0 Å². The maximum Gasteiger partial charge on any atom is 0.256 e. The highest BCUT2D eigenvalue weighted by Gasteiger charge is 2.31. The van der Waals surface area contributed by atoms with Crippen molar-refractivity contribution in [1.82, 2.24) is 10.2 Å². The second-order valence-corrected chi connectivity index (χ2v) is 5.01. The molecule has 6 heteroatoms. The van der Waals surface area contributed by atoms with E-state index in [1.54, 1.807) is 12.1 Å². The largest absolute Gasteiger partial charge is 0.368 e. The molecule has 1 atom stereocenters. The lowest BCUT2D eigenvalue weighted by molar-refractivity contribution is -0.122. The number of nitrogens with zero attached hydrogens (tertiary/aromatic N) is 1. The number of carbonyl (C=O) groups is 2. The van der Waals surface area contributed by atoms with E-state index < -0.39 is 11.9 Å². The van der Waals surface area contributed by atoms with Crippen LogP contribution in [-0.2, 0) is 4.79 Å². The minimum absolute atomic E-state index is 0.254. The summed E-state index contributed by atoms with van der Waals surface area (Å²) in [5.41, 5.74) is 6.71. The van der Waals surface area contributed by atoms with E-state index in [9.17, 15) is 9.59 Å². The lowest BCUT2D eigenvalue weighted by atomic mass is 10.1. The van der Waals surface area contributed by atoms with Crippen LogP contribution in [0.5, 0.6) is 0 Å². The molecule has 1 unspecified atom stereocenters. The van der Waals surface area contributed by atoms with Crippen molar-refractivity contribution in [3.63, 3.8) is 0 Å². The second-order valence-electron chi connectivity index (χ2n) is 4.60. The molecular formula is C13H16ClN3O2. The number of primary amides is 1. The van der Waals surface area contributed by atoms with Gasteiger partial charge in [0.05, 0.1) is 10.6 Å². The standard InChI is InChI=1S/C13H16ClN3O2/c1-8-2-3-9(10(14)6-8)13(19)17-5-4-16-7-11(17)12(15)18/h2-3,6,11,16H,4-5,7H2,1H3,(H2,15,18). The van der Waals surface area contributed by atoms with Gasteiger partial charge in [-0.05, 0) is 24.6 Å². The fourth-order valence-corrected chi connectivity index (χ4v) is 2.47. The van der Waals surface area contributed by atoms with Crippen LogP contribution in [0.1, 0.15) is 15.9 Å². The third-order valence-corrected chi connectivity index (χ3v) is 3.50. The molecule has 1 aromatic rings. The molecule has 2 amide bonds. The van der Waals surface area contributed by atoms with Crippen LogP contribution in [0.3, 0.4) is 0 Å². The van der Waals surface area contributed by atoms with Crippen molar-refractivity contribution in [3.8, 4) is 0 Å². The average molecular weight is 282 g/mol. The zero-order valence-corrected chi connectivity index (χ0v) is 11.4. The Balaban J connectivity index is 2.28. The molecule has 19 heavy (non-hydrogen) atoms. The molecule has 0 saturated carbocycles. The second kappa shape index (κ2) is 5.59. The highest BCUT2D eigenvalue weighted by Crippen LogP contribution is 2.20. The maximum atomic E-state index is 12.5. The molecule has 0 aromatic heterocycles. The lowest BCUT2D eigenvalue weighted by Gasteiger charge is -2.34. The lowest BCUT2D eigenvalue weighted by Crippen LogP contribution is -2.58. The van der Waals surface area contributed by atoms with Gasteiger partial charge in [0.2, 0.25) is 5.91 Å². The first kappa shape index (κ1) is 13.8. The summed E-state index contributed by atoms with van der Waals surface area (Å²) in [7, 11) is 0. The van der Waals surface area contributed by atoms with E-state index in [0.717, 1.165) is 5.56 Å².